The Bertz CT molecular complexity index is 6.00. The van der Waals surface area contributed by atoms with Crippen molar-refractivity contribution in [3.8, 4) is 0 Å². The molecular weight excluding hydrogens is 145 g/mol. The summed E-state index contributed by atoms with van der Waals surface area (Å²) in [5.41, 5.74) is 0. The van der Waals surface area contributed by atoms with Crippen LogP contribution in [0.1, 0.15) is 0 Å². The SMILES string of the molecule is B.[Cl][Cu][Cl]. The molecule has 0 aromatic rings. The molecule has 0 aliphatic carbocycles. The van der Waals surface area contributed by atoms with Gasteiger partial charge in [-0.05, 0) is 0 Å². The molecule has 0 aromatic heterocycles. The van der Waals surface area contributed by atoms with Crippen molar-refractivity contribution in [2.45, 2.75) is 0 Å². The Morgan fingerprint density at radius 3 is 1.25 bits per heavy atom. The van der Waals surface area contributed by atoms with Crippen molar-refractivity contribution in [1.82, 2.24) is 0 Å². The first-order valence-electron chi connectivity index (χ1n) is 0.228. The molecule has 0 radical (unpaired) electrons. The van der Waals surface area contributed by atoms with E-state index in [1.165, 1.54) is 0 Å². The topological polar surface area (TPSA) is 0 Å². The van der Waals surface area contributed by atoms with Crippen molar-refractivity contribution < 1.29 is 13.1 Å². The number of halogens is 2. The average molecular weight is 148 g/mol. The third kappa shape index (κ3) is 10.9. The summed E-state index contributed by atoms with van der Waals surface area (Å²) in [4.78, 5) is 0. The first-order valence-corrected chi connectivity index (χ1v) is 2.82. The van der Waals surface area contributed by atoms with Crippen LogP contribution in [0.2, 0.25) is 0 Å². The molecule has 0 aliphatic rings. The predicted octanol–water partition coefficient (Wildman–Crippen LogP) is 0.193. The fraction of sp³-hybridized carbons (Fsp3) is 0. The van der Waals surface area contributed by atoms with Gasteiger partial charge in [0.25, 0.3) is 0 Å². The van der Waals surface area contributed by atoms with Gasteiger partial charge in [-0.1, -0.05) is 0 Å². The Morgan fingerprint density at radius 1 is 1.25 bits per heavy atom. The van der Waals surface area contributed by atoms with E-state index in [1.807, 2.05) is 0 Å². The van der Waals surface area contributed by atoms with Gasteiger partial charge in [0.15, 0.2) is 0 Å². The van der Waals surface area contributed by atoms with Crippen molar-refractivity contribution in [2.75, 3.05) is 0 Å². The third-order valence-corrected chi connectivity index (χ3v) is 0. The molecule has 4 heavy (non-hydrogen) atoms. The zero-order chi connectivity index (χ0) is 2.71. The maximum absolute atomic E-state index is 4.67. The summed E-state index contributed by atoms with van der Waals surface area (Å²) in [6, 6.07) is 0. The number of hydrogen-bond acceptors (Lipinski definition) is 0. The van der Waals surface area contributed by atoms with Gasteiger partial charge in [0.2, 0.25) is 0 Å². The normalized spacial score (nSPS) is 5.50. The van der Waals surface area contributed by atoms with Crippen molar-refractivity contribution in [2.24, 2.45) is 0 Å². The van der Waals surface area contributed by atoms with Gasteiger partial charge in [-0.2, -0.15) is 0 Å². The van der Waals surface area contributed by atoms with Gasteiger partial charge in [-0.3, -0.25) is 0 Å². The zero-order valence-corrected chi connectivity index (χ0v) is 3.51. The molecule has 0 unspecified atom stereocenters. The molecule has 31 valence electrons. The van der Waals surface area contributed by atoms with Gasteiger partial charge in [-0.25, -0.2) is 0 Å². The monoisotopic (exact) mass is 147 g/mol. The molecule has 0 rings (SSSR count). The summed E-state index contributed by atoms with van der Waals surface area (Å²) in [6.07, 6.45) is 0. The summed E-state index contributed by atoms with van der Waals surface area (Å²) in [6.45, 7) is 0. The summed E-state index contributed by atoms with van der Waals surface area (Å²) in [5, 5.41) is 0. The van der Waals surface area contributed by atoms with E-state index in [1.54, 1.807) is 0 Å². The van der Waals surface area contributed by atoms with Crippen LogP contribution in [0.5, 0.6) is 0 Å². The van der Waals surface area contributed by atoms with Gasteiger partial charge >= 0.3 is 33.3 Å². The fourth-order valence-corrected chi connectivity index (χ4v) is 0. The molecule has 0 heterocycles. The minimum absolute atomic E-state index is 0. The Morgan fingerprint density at radius 2 is 1.25 bits per heavy atom. The number of rotatable bonds is 0. The molecule has 0 N–H and O–H groups in total. The second-order valence-corrected chi connectivity index (χ2v) is 1.60. The van der Waals surface area contributed by atoms with Crippen LogP contribution >= 0.6 is 20.2 Å². The molecule has 0 spiro atoms. The molecule has 0 nitrogen and oxygen atoms in total. The van der Waals surface area contributed by atoms with E-state index < -0.39 is 0 Å². The second kappa shape index (κ2) is 8.90. The molecule has 4 heteroatoms. The van der Waals surface area contributed by atoms with Crippen LogP contribution in [0.3, 0.4) is 0 Å². The van der Waals surface area contributed by atoms with Crippen LogP contribution in [0.25, 0.3) is 0 Å². The molecule has 0 saturated carbocycles. The van der Waals surface area contributed by atoms with Crippen LogP contribution in [-0.2, 0) is 13.1 Å². The first kappa shape index (κ1) is 8.94. The second-order valence-electron chi connectivity index (χ2n) is 0.0431. The summed E-state index contributed by atoms with van der Waals surface area (Å²) < 4.78 is 0. The van der Waals surface area contributed by atoms with E-state index in [4.69, 9.17) is 0 Å². The molecule has 0 aromatic carbocycles. The van der Waals surface area contributed by atoms with Crippen LogP contribution in [0.4, 0.5) is 0 Å². The van der Waals surface area contributed by atoms with Gasteiger partial charge < -0.3 is 0 Å². The van der Waals surface area contributed by atoms with Crippen molar-refractivity contribution in [3.63, 3.8) is 0 Å². The van der Waals surface area contributed by atoms with Crippen molar-refractivity contribution in [1.29, 1.82) is 0 Å². The standard InChI is InChI=1S/BH3.2ClH.Cu/h1H3;2*1H;/q;;;+2/p-2. The minimum atomic E-state index is 0. The molecule has 0 saturated heterocycles. The Kier molecular flexibility index (Phi) is 19.9. The number of hydrogen-bond donors (Lipinski definition) is 0. The van der Waals surface area contributed by atoms with Gasteiger partial charge in [0.1, 0.15) is 0 Å². The maximum atomic E-state index is 4.67. The van der Waals surface area contributed by atoms with Crippen molar-refractivity contribution in [3.05, 3.63) is 0 Å². The molecule has 0 aliphatic heterocycles. The Balaban J connectivity index is 0. The van der Waals surface area contributed by atoms with Gasteiger partial charge in [0, 0.05) is 0 Å². The van der Waals surface area contributed by atoms with Crippen LogP contribution < -0.4 is 0 Å². The first-order chi connectivity index (χ1) is 1.41. The van der Waals surface area contributed by atoms with Crippen LogP contribution in [-0.4, -0.2) is 8.41 Å². The van der Waals surface area contributed by atoms with Gasteiger partial charge in [-0.15, -0.1) is 0 Å². The summed E-state index contributed by atoms with van der Waals surface area (Å²) in [5.74, 6) is 0. The summed E-state index contributed by atoms with van der Waals surface area (Å²) in [7, 11) is 9.34. The zero-order valence-electron chi connectivity index (χ0n) is 1.06. The molecule has 0 bridgehead atoms. The van der Waals surface area contributed by atoms with E-state index >= 15 is 0 Å². The Hall–Kier alpha value is 1.16. The van der Waals surface area contributed by atoms with E-state index in [2.05, 4.69) is 20.2 Å². The van der Waals surface area contributed by atoms with Crippen LogP contribution in [0.15, 0.2) is 0 Å². The fourth-order valence-electron chi connectivity index (χ4n) is 0. The molecule has 0 amide bonds. The third-order valence-electron chi connectivity index (χ3n) is 0. The summed E-state index contributed by atoms with van der Waals surface area (Å²) >= 11 is 0.757. The van der Waals surface area contributed by atoms with Crippen molar-refractivity contribution >= 4 is 28.6 Å². The molecule has 0 atom stereocenters. The quantitative estimate of drug-likeness (QED) is 0.430. The Labute approximate surface area is 42.0 Å². The van der Waals surface area contributed by atoms with Crippen LogP contribution in [0, 0.1) is 0 Å². The molecular formula is H3BCl2Cu. The predicted molar refractivity (Wildman–Crippen MR) is 21.6 cm³/mol. The van der Waals surface area contributed by atoms with E-state index in [-0.39, 0.29) is 8.41 Å². The van der Waals surface area contributed by atoms with E-state index in [9.17, 15) is 0 Å². The van der Waals surface area contributed by atoms with E-state index in [0.717, 1.165) is 13.1 Å². The van der Waals surface area contributed by atoms with Gasteiger partial charge in [0.05, 0.1) is 8.41 Å². The van der Waals surface area contributed by atoms with E-state index in [0.29, 0.717) is 0 Å². The average Bonchev–Trinajstić information content (AvgIpc) is 0.918. The molecule has 0 fully saturated rings.